The second kappa shape index (κ2) is 9.28. The Bertz CT molecular complexity index is 833. The molecular formula is C22H21N3O. The van der Waals surface area contributed by atoms with Crippen molar-refractivity contribution in [3.8, 4) is 0 Å². The smallest absolute Gasteiger partial charge is 0.246 e. The van der Waals surface area contributed by atoms with E-state index in [1.165, 1.54) is 5.56 Å². The van der Waals surface area contributed by atoms with E-state index in [2.05, 4.69) is 22.1 Å². The summed E-state index contributed by atoms with van der Waals surface area (Å²) in [4.78, 5) is 22.8. The van der Waals surface area contributed by atoms with Crippen molar-refractivity contribution in [1.82, 2.24) is 14.9 Å². The third-order valence-electron chi connectivity index (χ3n) is 4.02. The molecule has 0 unspecified atom stereocenters. The number of carbonyl (C=O) groups excluding carboxylic acids is 1. The summed E-state index contributed by atoms with van der Waals surface area (Å²) in [5.41, 5.74) is 3.14. The zero-order valence-corrected chi connectivity index (χ0v) is 14.5. The average Bonchev–Trinajstić information content (AvgIpc) is 2.71. The lowest BCUT2D eigenvalue weighted by Gasteiger charge is -2.21. The van der Waals surface area contributed by atoms with Crippen molar-refractivity contribution in [2.45, 2.75) is 13.0 Å². The maximum atomic E-state index is 12.7. The molecule has 3 rings (SSSR count). The van der Waals surface area contributed by atoms with E-state index in [0.29, 0.717) is 13.1 Å². The monoisotopic (exact) mass is 343 g/mol. The summed E-state index contributed by atoms with van der Waals surface area (Å²) in [5, 5.41) is 0. The summed E-state index contributed by atoms with van der Waals surface area (Å²) < 4.78 is 0. The van der Waals surface area contributed by atoms with E-state index in [0.717, 1.165) is 17.5 Å². The molecule has 2 heterocycles. The Labute approximate surface area is 153 Å². The summed E-state index contributed by atoms with van der Waals surface area (Å²) >= 11 is 0. The van der Waals surface area contributed by atoms with Crippen LogP contribution in [0.25, 0.3) is 6.08 Å². The Morgan fingerprint density at radius 2 is 1.62 bits per heavy atom. The molecule has 2 aromatic heterocycles. The van der Waals surface area contributed by atoms with Crippen LogP contribution in [0, 0.1) is 0 Å². The first kappa shape index (κ1) is 17.5. The third-order valence-corrected chi connectivity index (χ3v) is 4.02. The van der Waals surface area contributed by atoms with Gasteiger partial charge in [-0.3, -0.25) is 14.8 Å². The number of rotatable bonds is 7. The van der Waals surface area contributed by atoms with E-state index in [1.54, 1.807) is 36.9 Å². The molecule has 0 bridgehead atoms. The number of amides is 1. The molecule has 3 aromatic rings. The minimum Gasteiger partial charge on any atom is -0.334 e. The summed E-state index contributed by atoms with van der Waals surface area (Å²) in [6.07, 6.45) is 11.2. The van der Waals surface area contributed by atoms with Crippen LogP contribution in [0.4, 0.5) is 0 Å². The second-order valence-electron chi connectivity index (χ2n) is 5.98. The van der Waals surface area contributed by atoms with Crippen LogP contribution >= 0.6 is 0 Å². The summed E-state index contributed by atoms with van der Waals surface area (Å²) in [6.45, 7) is 1.19. The number of hydrogen-bond donors (Lipinski definition) is 0. The summed E-state index contributed by atoms with van der Waals surface area (Å²) in [7, 11) is 0. The van der Waals surface area contributed by atoms with Crippen LogP contribution in [0.2, 0.25) is 0 Å². The van der Waals surface area contributed by atoms with E-state index in [9.17, 15) is 4.79 Å². The topological polar surface area (TPSA) is 46.1 Å². The molecule has 0 N–H and O–H groups in total. The van der Waals surface area contributed by atoms with E-state index in [-0.39, 0.29) is 5.91 Å². The predicted octanol–water partition coefficient (Wildman–Crippen LogP) is 3.76. The lowest BCUT2D eigenvalue weighted by atomic mass is 10.1. The van der Waals surface area contributed by atoms with Crippen molar-refractivity contribution in [2.75, 3.05) is 6.54 Å². The number of nitrogens with zero attached hydrogens (tertiary/aromatic N) is 3. The molecule has 1 aromatic carbocycles. The van der Waals surface area contributed by atoms with Gasteiger partial charge in [-0.2, -0.15) is 0 Å². The van der Waals surface area contributed by atoms with E-state index >= 15 is 0 Å². The lowest BCUT2D eigenvalue weighted by molar-refractivity contribution is -0.126. The summed E-state index contributed by atoms with van der Waals surface area (Å²) in [5.74, 6) is -0.0198. The normalized spacial score (nSPS) is 10.8. The van der Waals surface area contributed by atoms with Gasteiger partial charge in [-0.15, -0.1) is 0 Å². The fourth-order valence-corrected chi connectivity index (χ4v) is 2.64. The van der Waals surface area contributed by atoms with Crippen LogP contribution in [0.1, 0.15) is 16.7 Å². The van der Waals surface area contributed by atoms with Crippen LogP contribution in [0.3, 0.4) is 0 Å². The molecule has 0 saturated carbocycles. The van der Waals surface area contributed by atoms with Crippen LogP contribution < -0.4 is 0 Å². The highest BCUT2D eigenvalue weighted by Gasteiger charge is 2.11. The molecule has 0 aliphatic heterocycles. The number of carbonyl (C=O) groups is 1. The molecule has 0 saturated heterocycles. The molecular weight excluding hydrogens is 322 g/mol. The van der Waals surface area contributed by atoms with Gasteiger partial charge in [-0.25, -0.2) is 0 Å². The Morgan fingerprint density at radius 1 is 0.885 bits per heavy atom. The molecule has 0 aliphatic carbocycles. The molecule has 0 radical (unpaired) electrons. The number of pyridine rings is 2. The van der Waals surface area contributed by atoms with Crippen molar-refractivity contribution in [2.24, 2.45) is 0 Å². The average molecular weight is 343 g/mol. The van der Waals surface area contributed by atoms with E-state index in [1.807, 2.05) is 47.4 Å². The quantitative estimate of drug-likeness (QED) is 0.614. The fraction of sp³-hybridized carbons (Fsp3) is 0.136. The van der Waals surface area contributed by atoms with Crippen molar-refractivity contribution in [3.05, 3.63) is 102 Å². The van der Waals surface area contributed by atoms with Gasteiger partial charge < -0.3 is 4.90 Å². The highest BCUT2D eigenvalue weighted by Crippen LogP contribution is 2.08. The first-order valence-electron chi connectivity index (χ1n) is 8.61. The lowest BCUT2D eigenvalue weighted by Crippen LogP contribution is -2.31. The molecule has 0 spiro atoms. The minimum absolute atomic E-state index is 0.0198. The SMILES string of the molecule is O=C(C=Cc1cccnc1)N(CCc1ccccc1)Cc1cccnc1. The molecule has 0 atom stereocenters. The Kier molecular flexibility index (Phi) is 6.26. The van der Waals surface area contributed by atoms with Crippen LogP contribution in [0.5, 0.6) is 0 Å². The summed E-state index contributed by atoms with van der Waals surface area (Å²) in [6, 6.07) is 17.9. The molecule has 0 fully saturated rings. The van der Waals surface area contributed by atoms with Crippen LogP contribution in [-0.4, -0.2) is 27.3 Å². The van der Waals surface area contributed by atoms with Crippen molar-refractivity contribution in [1.29, 1.82) is 0 Å². The van der Waals surface area contributed by atoms with Gasteiger partial charge in [0.15, 0.2) is 0 Å². The maximum Gasteiger partial charge on any atom is 0.246 e. The zero-order chi connectivity index (χ0) is 18.0. The second-order valence-corrected chi connectivity index (χ2v) is 5.98. The van der Waals surface area contributed by atoms with Gasteiger partial charge in [0.1, 0.15) is 0 Å². The first-order valence-corrected chi connectivity index (χ1v) is 8.61. The van der Waals surface area contributed by atoms with Crippen LogP contribution in [-0.2, 0) is 17.8 Å². The van der Waals surface area contributed by atoms with Crippen molar-refractivity contribution < 1.29 is 4.79 Å². The highest BCUT2D eigenvalue weighted by molar-refractivity contribution is 5.91. The standard InChI is InChI=1S/C22H21N3O/c26-22(11-10-20-8-4-13-23-16-20)25(18-21-9-5-14-24-17-21)15-12-19-6-2-1-3-7-19/h1-11,13-14,16-17H,12,15,18H2. The Balaban J connectivity index is 1.70. The maximum absolute atomic E-state index is 12.7. The first-order chi connectivity index (χ1) is 12.8. The molecule has 1 amide bonds. The van der Waals surface area contributed by atoms with Gasteiger partial charge in [0.05, 0.1) is 0 Å². The molecule has 130 valence electrons. The number of aromatic nitrogens is 2. The minimum atomic E-state index is -0.0198. The molecule has 4 nitrogen and oxygen atoms in total. The number of hydrogen-bond acceptors (Lipinski definition) is 3. The van der Waals surface area contributed by atoms with E-state index in [4.69, 9.17) is 0 Å². The number of benzene rings is 1. The van der Waals surface area contributed by atoms with Crippen molar-refractivity contribution >= 4 is 12.0 Å². The highest BCUT2D eigenvalue weighted by atomic mass is 16.2. The third kappa shape index (κ3) is 5.38. The molecule has 26 heavy (non-hydrogen) atoms. The largest absolute Gasteiger partial charge is 0.334 e. The predicted molar refractivity (Wildman–Crippen MR) is 103 cm³/mol. The van der Waals surface area contributed by atoms with Gasteiger partial charge in [0.2, 0.25) is 5.91 Å². The van der Waals surface area contributed by atoms with Crippen molar-refractivity contribution in [3.63, 3.8) is 0 Å². The molecule has 0 aliphatic rings. The van der Waals surface area contributed by atoms with Crippen LogP contribution in [0.15, 0.2) is 85.5 Å². The Hall–Kier alpha value is -3.27. The fourth-order valence-electron chi connectivity index (χ4n) is 2.64. The Morgan fingerprint density at radius 3 is 2.31 bits per heavy atom. The van der Waals surface area contributed by atoms with Gasteiger partial charge in [0, 0.05) is 44.0 Å². The van der Waals surface area contributed by atoms with Gasteiger partial charge in [0.25, 0.3) is 0 Å². The van der Waals surface area contributed by atoms with E-state index < -0.39 is 0 Å². The van der Waals surface area contributed by atoms with Gasteiger partial charge >= 0.3 is 0 Å². The van der Waals surface area contributed by atoms with Gasteiger partial charge in [-0.05, 0) is 41.3 Å². The zero-order valence-electron chi connectivity index (χ0n) is 14.5. The van der Waals surface area contributed by atoms with Gasteiger partial charge in [-0.1, -0.05) is 42.5 Å². The molecule has 4 heteroatoms.